The van der Waals surface area contributed by atoms with Crippen LogP contribution in [0, 0.1) is 0 Å². The lowest BCUT2D eigenvalue weighted by molar-refractivity contribution is 0.0554. The van der Waals surface area contributed by atoms with Crippen molar-refractivity contribution in [2.45, 2.75) is 32.4 Å². The summed E-state index contributed by atoms with van der Waals surface area (Å²) in [6, 6.07) is 0. The molecule has 0 aromatic carbocycles. The normalized spacial score (nSPS) is 14.4. The van der Waals surface area contributed by atoms with Gasteiger partial charge in [0.05, 0.1) is 24.0 Å². The lowest BCUT2D eigenvalue weighted by atomic mass is 10.1. The summed E-state index contributed by atoms with van der Waals surface area (Å²) in [6.07, 6.45) is 0.892. The minimum Gasteiger partial charge on any atom is -0.384 e. The van der Waals surface area contributed by atoms with Crippen LogP contribution in [0.2, 0.25) is 0 Å². The molecule has 1 aromatic rings. The Morgan fingerprint density at radius 1 is 1.57 bits per heavy atom. The van der Waals surface area contributed by atoms with Gasteiger partial charge in [-0.25, -0.2) is 4.68 Å². The Balaban J connectivity index is 2.93. The van der Waals surface area contributed by atoms with Crippen molar-refractivity contribution in [1.82, 2.24) is 15.0 Å². The lowest BCUT2D eigenvalue weighted by Gasteiger charge is -2.22. The van der Waals surface area contributed by atoms with Crippen molar-refractivity contribution < 1.29 is 9.84 Å². The second-order valence-electron chi connectivity index (χ2n) is 4.21. The number of aliphatic hydroxyl groups excluding tert-OH is 1. The number of nitrogens with zero attached hydrogens (tertiary/aromatic N) is 3. The SMILES string of the molecule is COCC(O)c1cnnn1C(C)(C)C. The van der Waals surface area contributed by atoms with Crippen molar-refractivity contribution in [3.05, 3.63) is 11.9 Å². The molecule has 0 saturated heterocycles. The minimum absolute atomic E-state index is 0.180. The average molecular weight is 199 g/mol. The van der Waals surface area contributed by atoms with Crippen molar-refractivity contribution in [2.75, 3.05) is 13.7 Å². The smallest absolute Gasteiger partial charge is 0.120 e. The third kappa shape index (κ3) is 2.30. The van der Waals surface area contributed by atoms with E-state index >= 15 is 0 Å². The molecule has 1 heterocycles. The van der Waals surface area contributed by atoms with E-state index in [0.717, 1.165) is 0 Å². The summed E-state index contributed by atoms with van der Waals surface area (Å²) in [6.45, 7) is 6.27. The topological polar surface area (TPSA) is 60.2 Å². The number of ether oxygens (including phenoxy) is 1. The van der Waals surface area contributed by atoms with Crippen LogP contribution in [0.15, 0.2) is 6.20 Å². The Hall–Kier alpha value is -0.940. The van der Waals surface area contributed by atoms with Gasteiger partial charge in [-0.05, 0) is 20.8 Å². The Morgan fingerprint density at radius 2 is 2.21 bits per heavy atom. The van der Waals surface area contributed by atoms with Gasteiger partial charge < -0.3 is 9.84 Å². The lowest BCUT2D eigenvalue weighted by Crippen LogP contribution is -2.27. The van der Waals surface area contributed by atoms with Crippen LogP contribution in [-0.2, 0) is 10.3 Å². The van der Waals surface area contributed by atoms with E-state index in [0.29, 0.717) is 5.69 Å². The Kier molecular flexibility index (Phi) is 3.23. The Bertz CT molecular complexity index is 290. The third-order valence-corrected chi connectivity index (χ3v) is 1.88. The molecule has 80 valence electrons. The monoisotopic (exact) mass is 199 g/mol. The molecule has 0 bridgehead atoms. The van der Waals surface area contributed by atoms with E-state index < -0.39 is 6.10 Å². The standard InChI is InChI=1S/C9H17N3O2/c1-9(2,3)12-7(5-10-11-12)8(13)6-14-4/h5,8,13H,6H2,1-4H3. The van der Waals surface area contributed by atoms with Gasteiger partial charge in [0.25, 0.3) is 0 Å². The molecule has 1 N–H and O–H groups in total. The van der Waals surface area contributed by atoms with Gasteiger partial charge in [0.15, 0.2) is 0 Å². The van der Waals surface area contributed by atoms with Crippen molar-refractivity contribution in [2.24, 2.45) is 0 Å². The fourth-order valence-electron chi connectivity index (χ4n) is 1.23. The first kappa shape index (κ1) is 11.1. The van der Waals surface area contributed by atoms with Crippen molar-refractivity contribution in [3.63, 3.8) is 0 Å². The zero-order chi connectivity index (χ0) is 10.8. The quantitative estimate of drug-likeness (QED) is 0.779. The summed E-state index contributed by atoms with van der Waals surface area (Å²) in [7, 11) is 1.55. The highest BCUT2D eigenvalue weighted by molar-refractivity contribution is 5.01. The number of rotatable bonds is 3. The van der Waals surface area contributed by atoms with Crippen LogP contribution in [-0.4, -0.2) is 33.8 Å². The fourth-order valence-corrected chi connectivity index (χ4v) is 1.23. The van der Waals surface area contributed by atoms with Crippen LogP contribution in [0.3, 0.4) is 0 Å². The molecule has 1 rings (SSSR count). The number of hydrogen-bond acceptors (Lipinski definition) is 4. The summed E-state index contributed by atoms with van der Waals surface area (Å²) < 4.78 is 6.58. The molecule has 0 aliphatic heterocycles. The van der Waals surface area contributed by atoms with E-state index in [-0.39, 0.29) is 12.1 Å². The molecular weight excluding hydrogens is 182 g/mol. The van der Waals surface area contributed by atoms with E-state index in [1.807, 2.05) is 20.8 Å². The maximum absolute atomic E-state index is 9.73. The van der Waals surface area contributed by atoms with Crippen molar-refractivity contribution in [3.8, 4) is 0 Å². The first-order chi connectivity index (χ1) is 6.46. The van der Waals surface area contributed by atoms with Gasteiger partial charge in [0, 0.05) is 7.11 Å². The van der Waals surface area contributed by atoms with Crippen LogP contribution in [0.25, 0.3) is 0 Å². The van der Waals surface area contributed by atoms with Crippen LogP contribution in [0.1, 0.15) is 32.6 Å². The first-order valence-electron chi connectivity index (χ1n) is 4.55. The van der Waals surface area contributed by atoms with Crippen LogP contribution in [0.4, 0.5) is 0 Å². The largest absolute Gasteiger partial charge is 0.384 e. The van der Waals surface area contributed by atoms with Crippen LogP contribution < -0.4 is 0 Å². The highest BCUT2D eigenvalue weighted by Gasteiger charge is 2.22. The van der Waals surface area contributed by atoms with Gasteiger partial charge in [-0.1, -0.05) is 5.21 Å². The molecule has 1 atom stereocenters. The molecular formula is C9H17N3O2. The predicted molar refractivity (Wildman–Crippen MR) is 51.9 cm³/mol. The Morgan fingerprint density at radius 3 is 2.71 bits per heavy atom. The molecule has 5 nitrogen and oxygen atoms in total. The highest BCUT2D eigenvalue weighted by atomic mass is 16.5. The molecule has 0 aliphatic carbocycles. The summed E-state index contributed by atoms with van der Waals surface area (Å²) >= 11 is 0. The first-order valence-corrected chi connectivity index (χ1v) is 4.55. The zero-order valence-electron chi connectivity index (χ0n) is 9.06. The van der Waals surface area contributed by atoms with Gasteiger partial charge in [-0.2, -0.15) is 0 Å². The predicted octanol–water partition coefficient (Wildman–Crippen LogP) is 0.713. The summed E-state index contributed by atoms with van der Waals surface area (Å²) in [5.74, 6) is 0. The van der Waals surface area contributed by atoms with Gasteiger partial charge >= 0.3 is 0 Å². The van der Waals surface area contributed by atoms with E-state index in [9.17, 15) is 5.11 Å². The maximum atomic E-state index is 9.73. The molecule has 1 aromatic heterocycles. The van der Waals surface area contributed by atoms with E-state index in [4.69, 9.17) is 4.74 Å². The molecule has 0 aliphatic rings. The Labute approximate surface area is 83.7 Å². The number of methoxy groups -OCH3 is 1. The van der Waals surface area contributed by atoms with E-state index in [1.165, 1.54) is 0 Å². The zero-order valence-corrected chi connectivity index (χ0v) is 9.06. The molecule has 14 heavy (non-hydrogen) atoms. The molecule has 5 heteroatoms. The highest BCUT2D eigenvalue weighted by Crippen LogP contribution is 2.19. The number of aliphatic hydroxyl groups is 1. The summed E-state index contributed by atoms with van der Waals surface area (Å²) in [5, 5.41) is 17.5. The summed E-state index contributed by atoms with van der Waals surface area (Å²) in [5.41, 5.74) is 0.500. The second kappa shape index (κ2) is 4.06. The molecule has 0 amide bonds. The van der Waals surface area contributed by atoms with Gasteiger partial charge in [0.1, 0.15) is 6.10 Å². The van der Waals surface area contributed by atoms with Crippen molar-refractivity contribution in [1.29, 1.82) is 0 Å². The molecule has 0 radical (unpaired) electrons. The maximum Gasteiger partial charge on any atom is 0.120 e. The van der Waals surface area contributed by atoms with Gasteiger partial charge in [0.2, 0.25) is 0 Å². The average Bonchev–Trinajstić information content (AvgIpc) is 2.50. The molecule has 0 spiro atoms. The molecule has 0 saturated carbocycles. The fraction of sp³-hybridized carbons (Fsp3) is 0.778. The number of hydrogen-bond donors (Lipinski definition) is 1. The van der Waals surface area contributed by atoms with E-state index in [1.54, 1.807) is 18.0 Å². The second-order valence-corrected chi connectivity index (χ2v) is 4.21. The van der Waals surface area contributed by atoms with Gasteiger partial charge in [-0.15, -0.1) is 5.10 Å². The summed E-state index contributed by atoms with van der Waals surface area (Å²) in [4.78, 5) is 0. The number of aromatic nitrogens is 3. The van der Waals surface area contributed by atoms with Gasteiger partial charge in [-0.3, -0.25) is 0 Å². The minimum atomic E-state index is -0.672. The third-order valence-electron chi connectivity index (χ3n) is 1.88. The van der Waals surface area contributed by atoms with Crippen LogP contribution in [0.5, 0.6) is 0 Å². The van der Waals surface area contributed by atoms with Crippen LogP contribution >= 0.6 is 0 Å². The van der Waals surface area contributed by atoms with Crippen molar-refractivity contribution >= 4 is 0 Å². The molecule has 1 unspecified atom stereocenters. The van der Waals surface area contributed by atoms with E-state index in [2.05, 4.69) is 10.3 Å². The molecule has 0 fully saturated rings.